The van der Waals surface area contributed by atoms with Crippen molar-refractivity contribution in [2.45, 2.75) is 25.7 Å². The van der Waals surface area contributed by atoms with Crippen molar-refractivity contribution in [1.29, 1.82) is 0 Å². The topological polar surface area (TPSA) is 0 Å². The third-order valence-electron chi connectivity index (χ3n) is 4.02. The van der Waals surface area contributed by atoms with Gasteiger partial charge in [0.05, 0.1) is 0 Å². The first kappa shape index (κ1) is 15.8. The maximum atomic E-state index is 3.76. The van der Waals surface area contributed by atoms with E-state index in [0.717, 1.165) is 17.1 Å². The molecule has 0 aliphatic rings. The highest BCUT2D eigenvalue weighted by Gasteiger charge is 2.32. The van der Waals surface area contributed by atoms with Crippen LogP contribution in [0.1, 0.15) is 22.3 Å². The van der Waals surface area contributed by atoms with Crippen LogP contribution >= 0.6 is 31.9 Å². The molecule has 0 aliphatic heterocycles. The summed E-state index contributed by atoms with van der Waals surface area (Å²) < 4.78 is 0. The first-order chi connectivity index (χ1) is 9.63. The van der Waals surface area contributed by atoms with Crippen LogP contribution in [0, 0.1) is 13.8 Å². The van der Waals surface area contributed by atoms with Gasteiger partial charge in [-0.2, -0.15) is 0 Å². The van der Waals surface area contributed by atoms with E-state index < -0.39 is 0 Å². The maximum Gasteiger partial charge on any atom is 0.0190 e. The maximum absolute atomic E-state index is 3.76. The molecule has 2 aromatic carbocycles. The fourth-order valence-corrected chi connectivity index (χ4v) is 4.64. The average molecular weight is 396 g/mol. The first-order valence-electron chi connectivity index (χ1n) is 6.85. The van der Waals surface area contributed by atoms with Crippen LogP contribution < -0.4 is 0 Å². The molecule has 20 heavy (non-hydrogen) atoms. The minimum atomic E-state index is 0.0947. The second-order valence-electron chi connectivity index (χ2n) is 5.47. The Kier molecular flexibility index (Phi) is 5.45. The van der Waals surface area contributed by atoms with Gasteiger partial charge >= 0.3 is 0 Å². The van der Waals surface area contributed by atoms with Gasteiger partial charge in [-0.15, -0.1) is 0 Å². The molecule has 0 saturated heterocycles. The van der Waals surface area contributed by atoms with E-state index in [1.807, 2.05) is 0 Å². The fraction of sp³-hybridized carbons (Fsp3) is 0.333. The van der Waals surface area contributed by atoms with Crippen molar-refractivity contribution in [2.75, 3.05) is 10.7 Å². The largest absolute Gasteiger partial charge is 0.0918 e. The number of benzene rings is 2. The summed E-state index contributed by atoms with van der Waals surface area (Å²) in [5, 5.41) is 1.90. The van der Waals surface area contributed by atoms with E-state index in [-0.39, 0.29) is 5.41 Å². The molecule has 0 bridgehead atoms. The molecule has 2 aromatic rings. The Balaban J connectivity index is 2.46. The number of hydrogen-bond donors (Lipinski definition) is 0. The third kappa shape index (κ3) is 3.17. The zero-order chi connectivity index (χ0) is 14.6. The lowest BCUT2D eigenvalue weighted by Crippen LogP contribution is -2.34. The summed E-state index contributed by atoms with van der Waals surface area (Å²) in [6.07, 6.45) is 1.04. The van der Waals surface area contributed by atoms with Crippen molar-refractivity contribution in [3.63, 3.8) is 0 Å². The number of halogens is 2. The smallest absolute Gasteiger partial charge is 0.0190 e. The van der Waals surface area contributed by atoms with Crippen LogP contribution in [-0.4, -0.2) is 10.7 Å². The SMILES string of the molecule is Cc1ccccc1CC(CBr)(CBr)c1ccccc1C. The van der Waals surface area contributed by atoms with Crippen molar-refractivity contribution < 1.29 is 0 Å². The van der Waals surface area contributed by atoms with E-state index in [4.69, 9.17) is 0 Å². The van der Waals surface area contributed by atoms with Crippen molar-refractivity contribution in [3.05, 3.63) is 70.8 Å². The highest BCUT2D eigenvalue weighted by Crippen LogP contribution is 2.35. The van der Waals surface area contributed by atoms with Gasteiger partial charge in [-0.05, 0) is 42.5 Å². The van der Waals surface area contributed by atoms with E-state index in [0.29, 0.717) is 0 Å². The Morgan fingerprint density at radius 3 is 1.90 bits per heavy atom. The Bertz CT molecular complexity index is 571. The molecule has 0 saturated carbocycles. The summed E-state index contributed by atoms with van der Waals surface area (Å²) in [7, 11) is 0. The van der Waals surface area contributed by atoms with Crippen LogP contribution in [0.4, 0.5) is 0 Å². The lowest BCUT2D eigenvalue weighted by molar-refractivity contribution is 0.546. The zero-order valence-electron chi connectivity index (χ0n) is 12.0. The summed E-state index contributed by atoms with van der Waals surface area (Å²) in [5.41, 5.74) is 5.68. The van der Waals surface area contributed by atoms with Crippen LogP contribution in [0.25, 0.3) is 0 Å². The van der Waals surface area contributed by atoms with Gasteiger partial charge in [-0.1, -0.05) is 80.4 Å². The van der Waals surface area contributed by atoms with Crippen molar-refractivity contribution >= 4 is 31.9 Å². The average Bonchev–Trinajstić information content (AvgIpc) is 2.48. The zero-order valence-corrected chi connectivity index (χ0v) is 15.2. The summed E-state index contributed by atoms with van der Waals surface area (Å²) in [4.78, 5) is 0. The summed E-state index contributed by atoms with van der Waals surface area (Å²) in [5.74, 6) is 0. The predicted octanol–water partition coefficient (Wildman–Crippen LogP) is 5.57. The molecular formula is C18H20Br2. The van der Waals surface area contributed by atoms with Gasteiger partial charge in [-0.3, -0.25) is 0 Å². The van der Waals surface area contributed by atoms with Crippen molar-refractivity contribution in [2.24, 2.45) is 0 Å². The molecule has 106 valence electrons. The first-order valence-corrected chi connectivity index (χ1v) is 9.10. The molecule has 0 unspecified atom stereocenters. The van der Waals surface area contributed by atoms with Gasteiger partial charge in [0.1, 0.15) is 0 Å². The van der Waals surface area contributed by atoms with Crippen LogP contribution in [0.15, 0.2) is 48.5 Å². The standard InChI is InChI=1S/C18H20Br2/c1-14-7-3-5-9-16(14)11-18(12-19,13-20)17-10-6-4-8-15(17)2/h3-10H,11-13H2,1-2H3. The predicted molar refractivity (Wildman–Crippen MR) is 95.3 cm³/mol. The minimum Gasteiger partial charge on any atom is -0.0918 e. The molecule has 0 radical (unpaired) electrons. The van der Waals surface area contributed by atoms with Crippen LogP contribution in [0.3, 0.4) is 0 Å². The molecule has 0 amide bonds. The van der Waals surface area contributed by atoms with Crippen LogP contribution in [-0.2, 0) is 11.8 Å². The van der Waals surface area contributed by atoms with Gasteiger partial charge in [0, 0.05) is 16.1 Å². The van der Waals surface area contributed by atoms with Gasteiger partial charge in [-0.25, -0.2) is 0 Å². The Hall–Kier alpha value is -0.600. The second kappa shape index (κ2) is 6.91. The fourth-order valence-electron chi connectivity index (χ4n) is 2.71. The normalized spacial score (nSPS) is 11.6. The molecule has 0 N–H and O–H groups in total. The highest BCUT2D eigenvalue weighted by atomic mass is 79.9. The van der Waals surface area contributed by atoms with E-state index in [1.165, 1.54) is 22.3 Å². The molecule has 0 spiro atoms. The summed E-state index contributed by atoms with van der Waals surface area (Å²) in [6.45, 7) is 4.40. The number of hydrogen-bond acceptors (Lipinski definition) is 0. The van der Waals surface area contributed by atoms with E-state index in [2.05, 4.69) is 94.2 Å². The Labute approximate surface area is 138 Å². The quantitative estimate of drug-likeness (QED) is 0.580. The van der Waals surface area contributed by atoms with Gasteiger partial charge < -0.3 is 0 Å². The lowest BCUT2D eigenvalue weighted by atomic mass is 9.76. The van der Waals surface area contributed by atoms with E-state index in [1.54, 1.807) is 0 Å². The number of aryl methyl sites for hydroxylation is 2. The molecule has 0 fully saturated rings. The van der Waals surface area contributed by atoms with Crippen LogP contribution in [0.5, 0.6) is 0 Å². The minimum absolute atomic E-state index is 0.0947. The highest BCUT2D eigenvalue weighted by molar-refractivity contribution is 9.09. The monoisotopic (exact) mass is 394 g/mol. The summed E-state index contributed by atoms with van der Waals surface area (Å²) in [6, 6.07) is 17.4. The Morgan fingerprint density at radius 2 is 1.35 bits per heavy atom. The van der Waals surface area contributed by atoms with Gasteiger partial charge in [0.2, 0.25) is 0 Å². The number of alkyl halides is 2. The molecule has 2 rings (SSSR count). The second-order valence-corrected chi connectivity index (χ2v) is 6.59. The van der Waals surface area contributed by atoms with Gasteiger partial charge in [0.15, 0.2) is 0 Å². The molecular weight excluding hydrogens is 376 g/mol. The molecule has 2 heteroatoms. The van der Waals surface area contributed by atoms with E-state index in [9.17, 15) is 0 Å². The van der Waals surface area contributed by atoms with Crippen molar-refractivity contribution in [1.82, 2.24) is 0 Å². The molecule has 0 nitrogen and oxygen atoms in total. The molecule has 0 heterocycles. The van der Waals surface area contributed by atoms with E-state index >= 15 is 0 Å². The molecule has 0 atom stereocenters. The third-order valence-corrected chi connectivity index (χ3v) is 6.16. The van der Waals surface area contributed by atoms with Gasteiger partial charge in [0.25, 0.3) is 0 Å². The van der Waals surface area contributed by atoms with Crippen molar-refractivity contribution in [3.8, 4) is 0 Å². The Morgan fingerprint density at radius 1 is 0.800 bits per heavy atom. The molecule has 0 aliphatic carbocycles. The van der Waals surface area contributed by atoms with Crippen LogP contribution in [0.2, 0.25) is 0 Å². The summed E-state index contributed by atoms with van der Waals surface area (Å²) >= 11 is 7.51. The molecule has 0 aromatic heterocycles. The lowest BCUT2D eigenvalue weighted by Gasteiger charge is -2.33. The number of rotatable bonds is 5.